The number of ether oxygens (including phenoxy) is 1. The summed E-state index contributed by atoms with van der Waals surface area (Å²) in [6, 6.07) is 15.4. The van der Waals surface area contributed by atoms with E-state index in [0.717, 1.165) is 16.6 Å². The van der Waals surface area contributed by atoms with Gasteiger partial charge in [0.25, 0.3) is 5.56 Å². The van der Waals surface area contributed by atoms with Gasteiger partial charge in [-0.1, -0.05) is 30.3 Å². The first-order valence-corrected chi connectivity index (χ1v) is 6.40. The minimum Gasteiger partial charge on any atom is -0.489 e. The summed E-state index contributed by atoms with van der Waals surface area (Å²) in [6.07, 6.45) is 0. The van der Waals surface area contributed by atoms with E-state index in [1.165, 1.54) is 0 Å². The minimum absolute atomic E-state index is 0.198. The van der Waals surface area contributed by atoms with Crippen molar-refractivity contribution in [2.45, 2.75) is 13.5 Å². The smallest absolute Gasteiger partial charge is 0.272 e. The number of nitrogens with one attached hydrogen (secondary N) is 1. The lowest BCUT2D eigenvalue weighted by Gasteiger charge is -2.07. The summed E-state index contributed by atoms with van der Waals surface area (Å²) in [5.74, 6) is 0.678. The van der Waals surface area contributed by atoms with E-state index in [0.29, 0.717) is 17.7 Å². The van der Waals surface area contributed by atoms with Gasteiger partial charge in [-0.3, -0.25) is 4.79 Å². The van der Waals surface area contributed by atoms with Crippen LogP contribution in [0, 0.1) is 6.92 Å². The largest absolute Gasteiger partial charge is 0.489 e. The first kappa shape index (κ1) is 12.4. The van der Waals surface area contributed by atoms with Crippen LogP contribution in [0.2, 0.25) is 0 Å². The van der Waals surface area contributed by atoms with Gasteiger partial charge < -0.3 is 4.74 Å². The Bertz CT molecular complexity index is 794. The summed E-state index contributed by atoms with van der Waals surface area (Å²) in [7, 11) is 0. The molecule has 0 amide bonds. The second-order valence-electron chi connectivity index (χ2n) is 4.62. The molecule has 3 aromatic rings. The summed E-state index contributed by atoms with van der Waals surface area (Å²) in [5, 5.41) is 7.88. The zero-order valence-corrected chi connectivity index (χ0v) is 11.1. The van der Waals surface area contributed by atoms with Gasteiger partial charge in [0.15, 0.2) is 0 Å². The third-order valence-electron chi connectivity index (χ3n) is 3.20. The number of aryl methyl sites for hydroxylation is 1. The van der Waals surface area contributed by atoms with Crippen LogP contribution in [-0.4, -0.2) is 10.2 Å². The predicted molar refractivity (Wildman–Crippen MR) is 77.9 cm³/mol. The van der Waals surface area contributed by atoms with Crippen molar-refractivity contribution in [3.05, 3.63) is 70.1 Å². The molecule has 0 saturated heterocycles. The molecule has 4 heteroatoms. The second-order valence-corrected chi connectivity index (χ2v) is 4.62. The van der Waals surface area contributed by atoms with Gasteiger partial charge in [-0.05, 0) is 30.7 Å². The van der Waals surface area contributed by atoms with E-state index in [1.807, 2.05) is 49.4 Å². The number of rotatable bonds is 3. The Morgan fingerprint density at radius 3 is 2.70 bits per heavy atom. The molecule has 3 rings (SSSR count). The number of aromatic nitrogens is 2. The highest BCUT2D eigenvalue weighted by molar-refractivity contribution is 5.84. The Balaban J connectivity index is 1.90. The molecule has 0 aliphatic carbocycles. The summed E-state index contributed by atoms with van der Waals surface area (Å²) in [4.78, 5) is 11.8. The molecule has 1 N–H and O–H groups in total. The zero-order chi connectivity index (χ0) is 13.9. The number of fused-ring (bicyclic) bond motifs is 1. The Hall–Kier alpha value is -2.62. The summed E-state index contributed by atoms with van der Waals surface area (Å²) < 4.78 is 5.72. The molecule has 0 atom stereocenters. The number of H-pyrrole nitrogens is 1. The van der Waals surface area contributed by atoms with Gasteiger partial charge in [0.2, 0.25) is 0 Å². The Morgan fingerprint density at radius 2 is 1.90 bits per heavy atom. The minimum atomic E-state index is -0.198. The molecule has 0 fully saturated rings. The molecule has 0 radical (unpaired) electrons. The van der Waals surface area contributed by atoms with Crippen LogP contribution >= 0.6 is 0 Å². The monoisotopic (exact) mass is 266 g/mol. The summed E-state index contributed by atoms with van der Waals surface area (Å²) in [5.41, 5.74) is 1.69. The van der Waals surface area contributed by atoms with Crippen LogP contribution in [0.1, 0.15) is 11.3 Å². The predicted octanol–water partition coefficient (Wildman–Crippen LogP) is 2.81. The van der Waals surface area contributed by atoms with Crippen molar-refractivity contribution in [1.29, 1.82) is 0 Å². The van der Waals surface area contributed by atoms with E-state index < -0.39 is 0 Å². The Labute approximate surface area is 116 Å². The van der Waals surface area contributed by atoms with Crippen molar-refractivity contribution in [2.75, 3.05) is 0 Å². The Morgan fingerprint density at radius 1 is 1.10 bits per heavy atom. The number of benzene rings is 2. The maximum absolute atomic E-state index is 11.8. The van der Waals surface area contributed by atoms with Gasteiger partial charge in [0, 0.05) is 5.39 Å². The fourth-order valence-electron chi connectivity index (χ4n) is 2.11. The van der Waals surface area contributed by atoms with Crippen LogP contribution in [0.5, 0.6) is 5.75 Å². The number of hydrogen-bond donors (Lipinski definition) is 1. The topological polar surface area (TPSA) is 55.0 Å². The van der Waals surface area contributed by atoms with Gasteiger partial charge >= 0.3 is 0 Å². The number of hydrogen-bond acceptors (Lipinski definition) is 3. The first-order valence-electron chi connectivity index (χ1n) is 6.40. The standard InChI is InChI=1S/C16H14N2O2/c1-11-14-8-7-13(9-15(14)16(19)18-17-11)20-10-12-5-3-2-4-6-12/h2-9H,10H2,1H3,(H,18,19). The van der Waals surface area contributed by atoms with Crippen molar-refractivity contribution < 1.29 is 4.74 Å². The van der Waals surface area contributed by atoms with Gasteiger partial charge in [0.1, 0.15) is 12.4 Å². The van der Waals surface area contributed by atoms with E-state index in [9.17, 15) is 4.79 Å². The molecule has 0 bridgehead atoms. The molecule has 0 spiro atoms. The SMILES string of the molecule is Cc1n[nH]c(=O)c2cc(OCc3ccccc3)ccc12. The highest BCUT2D eigenvalue weighted by Gasteiger charge is 2.05. The van der Waals surface area contributed by atoms with Crippen LogP contribution in [0.4, 0.5) is 0 Å². The van der Waals surface area contributed by atoms with Crippen molar-refractivity contribution >= 4 is 10.8 Å². The van der Waals surface area contributed by atoms with Gasteiger partial charge in [0.05, 0.1) is 11.1 Å². The van der Waals surface area contributed by atoms with Crippen LogP contribution < -0.4 is 10.3 Å². The normalized spacial score (nSPS) is 10.7. The van der Waals surface area contributed by atoms with E-state index in [2.05, 4.69) is 10.2 Å². The Kier molecular flexibility index (Phi) is 3.21. The van der Waals surface area contributed by atoms with Crippen LogP contribution in [-0.2, 0) is 6.61 Å². The average Bonchev–Trinajstić information content (AvgIpc) is 2.50. The maximum atomic E-state index is 11.8. The molecule has 0 saturated carbocycles. The van der Waals surface area contributed by atoms with Crippen molar-refractivity contribution in [3.8, 4) is 5.75 Å². The summed E-state index contributed by atoms with van der Waals surface area (Å²) >= 11 is 0. The molecule has 0 unspecified atom stereocenters. The highest BCUT2D eigenvalue weighted by Crippen LogP contribution is 2.20. The second kappa shape index (κ2) is 5.17. The molecule has 20 heavy (non-hydrogen) atoms. The lowest BCUT2D eigenvalue weighted by molar-refractivity contribution is 0.306. The van der Waals surface area contributed by atoms with Gasteiger partial charge in [-0.15, -0.1) is 0 Å². The van der Waals surface area contributed by atoms with Crippen molar-refractivity contribution in [1.82, 2.24) is 10.2 Å². The van der Waals surface area contributed by atoms with Crippen molar-refractivity contribution in [3.63, 3.8) is 0 Å². The van der Waals surface area contributed by atoms with Crippen molar-refractivity contribution in [2.24, 2.45) is 0 Å². The highest BCUT2D eigenvalue weighted by atomic mass is 16.5. The number of nitrogens with zero attached hydrogens (tertiary/aromatic N) is 1. The third-order valence-corrected chi connectivity index (χ3v) is 3.20. The number of aromatic amines is 1. The molecular formula is C16H14N2O2. The maximum Gasteiger partial charge on any atom is 0.272 e. The fourth-order valence-corrected chi connectivity index (χ4v) is 2.11. The molecular weight excluding hydrogens is 252 g/mol. The molecule has 1 aromatic heterocycles. The molecule has 0 aliphatic rings. The van der Waals surface area contributed by atoms with Crippen LogP contribution in [0.3, 0.4) is 0 Å². The molecule has 1 heterocycles. The molecule has 100 valence electrons. The fraction of sp³-hybridized carbons (Fsp3) is 0.125. The van der Waals surface area contributed by atoms with Gasteiger partial charge in [-0.25, -0.2) is 5.10 Å². The quantitative estimate of drug-likeness (QED) is 0.793. The van der Waals surface area contributed by atoms with Gasteiger partial charge in [-0.2, -0.15) is 5.10 Å². The lowest BCUT2D eigenvalue weighted by atomic mass is 10.1. The molecule has 4 nitrogen and oxygen atoms in total. The average molecular weight is 266 g/mol. The molecule has 2 aromatic carbocycles. The van der Waals surface area contributed by atoms with E-state index in [4.69, 9.17) is 4.74 Å². The first-order chi connectivity index (χ1) is 9.74. The third kappa shape index (κ3) is 2.40. The summed E-state index contributed by atoms with van der Waals surface area (Å²) in [6.45, 7) is 2.34. The van der Waals surface area contributed by atoms with E-state index >= 15 is 0 Å². The zero-order valence-electron chi connectivity index (χ0n) is 11.1. The lowest BCUT2D eigenvalue weighted by Crippen LogP contribution is -2.09. The van der Waals surface area contributed by atoms with Crippen LogP contribution in [0.15, 0.2) is 53.3 Å². The van der Waals surface area contributed by atoms with E-state index in [-0.39, 0.29) is 5.56 Å². The van der Waals surface area contributed by atoms with Crippen LogP contribution in [0.25, 0.3) is 10.8 Å². The van der Waals surface area contributed by atoms with E-state index in [1.54, 1.807) is 6.07 Å². The molecule has 0 aliphatic heterocycles.